The van der Waals surface area contributed by atoms with E-state index in [1.807, 2.05) is 0 Å². The van der Waals surface area contributed by atoms with Gasteiger partial charge >= 0.3 is 19.8 Å². The molecule has 0 amide bonds. The van der Waals surface area contributed by atoms with Gasteiger partial charge in [0.25, 0.3) is 0 Å². The summed E-state index contributed by atoms with van der Waals surface area (Å²) in [6.07, 6.45) is 38.5. The van der Waals surface area contributed by atoms with Crippen LogP contribution < -0.4 is 5.73 Å². The lowest BCUT2D eigenvalue weighted by Crippen LogP contribution is -2.29. The van der Waals surface area contributed by atoms with Gasteiger partial charge in [-0.05, 0) is 51.4 Å². The van der Waals surface area contributed by atoms with Crippen LogP contribution in [0.15, 0.2) is 48.6 Å². The molecular weight excluding hydrogens is 641 g/mol. The van der Waals surface area contributed by atoms with Crippen LogP contribution in [0, 0.1) is 0 Å². The Morgan fingerprint density at radius 2 is 1.12 bits per heavy atom. The van der Waals surface area contributed by atoms with Crippen molar-refractivity contribution in [2.24, 2.45) is 5.73 Å². The number of phosphoric ester groups is 1. The van der Waals surface area contributed by atoms with Crippen LogP contribution in [0.25, 0.3) is 0 Å². The number of rotatable bonds is 35. The molecule has 49 heavy (non-hydrogen) atoms. The van der Waals surface area contributed by atoms with E-state index in [1.54, 1.807) is 0 Å². The van der Waals surface area contributed by atoms with Crippen molar-refractivity contribution < 1.29 is 37.6 Å². The van der Waals surface area contributed by atoms with E-state index in [2.05, 4.69) is 62.5 Å². The van der Waals surface area contributed by atoms with Crippen LogP contribution >= 0.6 is 7.82 Å². The summed E-state index contributed by atoms with van der Waals surface area (Å²) in [6, 6.07) is 0. The van der Waals surface area contributed by atoms with Crippen molar-refractivity contribution in [3.8, 4) is 0 Å². The van der Waals surface area contributed by atoms with Gasteiger partial charge in [-0.2, -0.15) is 0 Å². The molecule has 0 aromatic heterocycles. The highest BCUT2D eigenvalue weighted by molar-refractivity contribution is 7.47. The van der Waals surface area contributed by atoms with Crippen LogP contribution in [0.2, 0.25) is 0 Å². The third kappa shape index (κ3) is 35.6. The smallest absolute Gasteiger partial charge is 0.462 e. The lowest BCUT2D eigenvalue weighted by atomic mass is 10.1. The molecule has 10 heteroatoms. The highest BCUT2D eigenvalue weighted by Gasteiger charge is 2.25. The zero-order valence-corrected chi connectivity index (χ0v) is 31.8. The molecule has 2 atom stereocenters. The number of unbranched alkanes of at least 4 members (excludes halogenated alkanes) is 14. The van der Waals surface area contributed by atoms with Crippen molar-refractivity contribution in [2.75, 3.05) is 26.4 Å². The Morgan fingerprint density at radius 1 is 0.633 bits per heavy atom. The molecule has 0 heterocycles. The molecule has 0 fully saturated rings. The molecule has 284 valence electrons. The second kappa shape index (κ2) is 35.8. The predicted octanol–water partition coefficient (Wildman–Crippen LogP) is 10.4. The summed E-state index contributed by atoms with van der Waals surface area (Å²) in [6.45, 7) is 3.56. The fraction of sp³-hybridized carbons (Fsp3) is 0.744. The van der Waals surface area contributed by atoms with Gasteiger partial charge in [0.05, 0.1) is 13.2 Å². The molecule has 0 saturated heterocycles. The quantitative estimate of drug-likeness (QED) is 0.0285. The Hall–Kier alpha value is -2.03. The first-order chi connectivity index (χ1) is 23.8. The normalized spacial score (nSPS) is 14.0. The first-order valence-corrected chi connectivity index (χ1v) is 20.6. The highest BCUT2D eigenvalue weighted by Crippen LogP contribution is 2.43. The van der Waals surface area contributed by atoms with Crippen molar-refractivity contribution in [2.45, 2.75) is 161 Å². The molecule has 0 spiro atoms. The van der Waals surface area contributed by atoms with E-state index in [0.717, 1.165) is 70.6 Å². The summed E-state index contributed by atoms with van der Waals surface area (Å²) >= 11 is 0. The van der Waals surface area contributed by atoms with E-state index < -0.39 is 32.5 Å². The van der Waals surface area contributed by atoms with Crippen LogP contribution in [-0.2, 0) is 32.7 Å². The monoisotopic (exact) mass is 711 g/mol. The molecule has 2 unspecified atom stereocenters. The fourth-order valence-corrected chi connectivity index (χ4v) is 5.68. The average molecular weight is 712 g/mol. The maximum Gasteiger partial charge on any atom is 0.472 e. The number of allylic oxidation sites excluding steroid dienone is 8. The molecule has 0 rings (SSSR count). The Balaban J connectivity index is 4.27. The molecule has 0 saturated carbocycles. The summed E-state index contributed by atoms with van der Waals surface area (Å²) in [7, 11) is -4.38. The minimum absolute atomic E-state index is 0.0480. The van der Waals surface area contributed by atoms with Crippen molar-refractivity contribution in [3.05, 3.63) is 48.6 Å². The van der Waals surface area contributed by atoms with Crippen LogP contribution in [0.3, 0.4) is 0 Å². The van der Waals surface area contributed by atoms with Gasteiger partial charge in [0.2, 0.25) is 0 Å². The average Bonchev–Trinajstić information content (AvgIpc) is 3.08. The molecular formula is C39H70NO8P. The standard InChI is InChI=1S/C39H70NO8P/c1-3-5-7-9-11-13-15-16-17-18-19-20-22-24-26-28-30-32-39(42)48-37(36-47-49(43,44)46-34-33-40)35-45-38(41)31-29-27-25-23-21-14-12-10-8-6-4-2/h5,7,11,13,16-17,19-20,37H,3-4,6,8-10,12,14-15,18,21-36,40H2,1-2H3,(H,43,44)/b7-5-,13-11-,17-16-,20-19-. The zero-order valence-electron chi connectivity index (χ0n) is 30.9. The number of ether oxygens (including phenoxy) is 2. The molecule has 0 radical (unpaired) electrons. The third-order valence-corrected chi connectivity index (χ3v) is 8.71. The van der Waals surface area contributed by atoms with Gasteiger partial charge < -0.3 is 20.1 Å². The van der Waals surface area contributed by atoms with Gasteiger partial charge in [-0.1, -0.05) is 140 Å². The summed E-state index contributed by atoms with van der Waals surface area (Å²) < 4.78 is 32.6. The Morgan fingerprint density at radius 3 is 1.67 bits per heavy atom. The Labute approximate surface area is 298 Å². The molecule has 0 aromatic carbocycles. The van der Waals surface area contributed by atoms with Crippen LogP contribution in [0.4, 0.5) is 0 Å². The number of carbonyl (C=O) groups is 2. The lowest BCUT2D eigenvalue weighted by Gasteiger charge is -2.19. The van der Waals surface area contributed by atoms with E-state index in [1.165, 1.54) is 51.4 Å². The van der Waals surface area contributed by atoms with Crippen molar-refractivity contribution in [1.29, 1.82) is 0 Å². The SMILES string of the molecule is CC/C=C\C/C=C\C/C=C\C/C=C\CCCCCCC(=O)OC(COC(=O)CCCCCCCCCCCCC)COP(=O)(O)OCCN. The molecule has 0 aliphatic rings. The maximum atomic E-state index is 12.5. The van der Waals surface area contributed by atoms with Gasteiger partial charge in [-0.15, -0.1) is 0 Å². The predicted molar refractivity (Wildman–Crippen MR) is 201 cm³/mol. The van der Waals surface area contributed by atoms with Crippen molar-refractivity contribution >= 4 is 19.8 Å². The third-order valence-electron chi connectivity index (χ3n) is 7.73. The topological polar surface area (TPSA) is 134 Å². The summed E-state index contributed by atoms with van der Waals surface area (Å²) in [5.41, 5.74) is 5.33. The minimum Gasteiger partial charge on any atom is -0.462 e. The number of esters is 2. The maximum absolute atomic E-state index is 12.5. The number of nitrogens with two attached hydrogens (primary N) is 1. The molecule has 9 nitrogen and oxygen atoms in total. The molecule has 3 N–H and O–H groups in total. The highest BCUT2D eigenvalue weighted by atomic mass is 31.2. The first-order valence-electron chi connectivity index (χ1n) is 19.1. The second-order valence-corrected chi connectivity index (χ2v) is 13.9. The van der Waals surface area contributed by atoms with E-state index in [0.29, 0.717) is 6.42 Å². The molecule has 0 aromatic rings. The molecule has 0 aliphatic heterocycles. The van der Waals surface area contributed by atoms with Crippen LogP contribution in [0.1, 0.15) is 155 Å². The van der Waals surface area contributed by atoms with E-state index >= 15 is 0 Å². The number of hydrogen-bond acceptors (Lipinski definition) is 8. The largest absolute Gasteiger partial charge is 0.472 e. The van der Waals surface area contributed by atoms with Gasteiger partial charge in [-0.3, -0.25) is 18.6 Å². The molecule has 0 bridgehead atoms. The molecule has 0 aliphatic carbocycles. The van der Waals surface area contributed by atoms with E-state index in [-0.39, 0.29) is 32.6 Å². The second-order valence-electron chi connectivity index (χ2n) is 12.4. The zero-order chi connectivity index (χ0) is 36.1. The number of phosphoric acid groups is 1. The van der Waals surface area contributed by atoms with E-state index in [9.17, 15) is 19.0 Å². The Kier molecular flexibility index (Phi) is 34.3. The van der Waals surface area contributed by atoms with Crippen molar-refractivity contribution in [1.82, 2.24) is 0 Å². The van der Waals surface area contributed by atoms with Gasteiger partial charge in [0, 0.05) is 19.4 Å². The van der Waals surface area contributed by atoms with Gasteiger partial charge in [0.1, 0.15) is 6.61 Å². The summed E-state index contributed by atoms with van der Waals surface area (Å²) in [4.78, 5) is 34.7. The van der Waals surface area contributed by atoms with Gasteiger partial charge in [-0.25, -0.2) is 4.57 Å². The van der Waals surface area contributed by atoms with Gasteiger partial charge in [0.15, 0.2) is 6.10 Å². The number of carbonyl (C=O) groups excluding carboxylic acids is 2. The lowest BCUT2D eigenvalue weighted by molar-refractivity contribution is -0.161. The van der Waals surface area contributed by atoms with Crippen molar-refractivity contribution in [3.63, 3.8) is 0 Å². The fourth-order valence-electron chi connectivity index (χ4n) is 4.92. The first kappa shape index (κ1) is 47.0. The minimum atomic E-state index is -4.38. The van der Waals surface area contributed by atoms with Crippen LogP contribution in [0.5, 0.6) is 0 Å². The van der Waals surface area contributed by atoms with Crippen LogP contribution in [-0.4, -0.2) is 49.3 Å². The summed E-state index contributed by atoms with van der Waals surface area (Å²) in [5, 5.41) is 0. The Bertz CT molecular complexity index is 949. The summed E-state index contributed by atoms with van der Waals surface area (Å²) in [5.74, 6) is -0.860. The number of hydrogen-bond donors (Lipinski definition) is 2. The van der Waals surface area contributed by atoms with E-state index in [4.69, 9.17) is 24.3 Å².